The van der Waals surface area contributed by atoms with Crippen molar-refractivity contribution in [2.45, 2.75) is 12.8 Å². The molecule has 3 aromatic carbocycles. The van der Waals surface area contributed by atoms with Crippen LogP contribution in [0.3, 0.4) is 0 Å². The van der Waals surface area contributed by atoms with Gasteiger partial charge in [-0.2, -0.15) is 0 Å². The molecule has 0 saturated carbocycles. The SMILES string of the molecule is CN=C(NCCc1cccc(C(=O)N(C)C)c1)NCCc1ccc2ccccc2c1.I. The van der Waals surface area contributed by atoms with Gasteiger partial charge in [0.15, 0.2) is 5.96 Å². The number of rotatable bonds is 7. The molecule has 0 spiro atoms. The number of hydrogen-bond donors (Lipinski definition) is 2. The molecule has 31 heavy (non-hydrogen) atoms. The van der Waals surface area contributed by atoms with E-state index < -0.39 is 0 Å². The third-order valence-electron chi connectivity index (χ3n) is 5.03. The summed E-state index contributed by atoms with van der Waals surface area (Å²) in [6, 6.07) is 22.8. The second-order valence-corrected chi connectivity index (χ2v) is 7.51. The number of guanidine groups is 1. The van der Waals surface area contributed by atoms with Crippen LogP contribution in [0.4, 0.5) is 0 Å². The first-order valence-corrected chi connectivity index (χ1v) is 10.3. The fourth-order valence-corrected chi connectivity index (χ4v) is 3.38. The summed E-state index contributed by atoms with van der Waals surface area (Å²) in [6.45, 7) is 1.56. The molecular formula is C25H31IN4O. The summed E-state index contributed by atoms with van der Waals surface area (Å²) >= 11 is 0. The molecule has 0 bridgehead atoms. The lowest BCUT2D eigenvalue weighted by atomic mass is 10.1. The van der Waals surface area contributed by atoms with Crippen molar-refractivity contribution in [3.05, 3.63) is 83.4 Å². The van der Waals surface area contributed by atoms with Crippen LogP contribution in [0.2, 0.25) is 0 Å². The second kappa shape index (κ2) is 12.3. The number of carbonyl (C=O) groups excluding carboxylic acids is 1. The van der Waals surface area contributed by atoms with E-state index in [1.165, 1.54) is 16.3 Å². The maximum atomic E-state index is 12.1. The van der Waals surface area contributed by atoms with Crippen LogP contribution in [0.5, 0.6) is 0 Å². The summed E-state index contributed by atoms with van der Waals surface area (Å²) in [6.07, 6.45) is 1.75. The molecule has 0 aliphatic heterocycles. The summed E-state index contributed by atoms with van der Waals surface area (Å²) in [4.78, 5) is 18.0. The normalized spacial score (nSPS) is 11.0. The largest absolute Gasteiger partial charge is 0.356 e. The number of benzene rings is 3. The smallest absolute Gasteiger partial charge is 0.253 e. The van der Waals surface area contributed by atoms with E-state index in [2.05, 4.69) is 58.1 Å². The molecule has 0 aliphatic rings. The quantitative estimate of drug-likeness (QED) is 0.275. The van der Waals surface area contributed by atoms with Crippen LogP contribution in [-0.4, -0.2) is 51.0 Å². The molecule has 3 rings (SSSR count). The molecule has 0 aromatic heterocycles. The van der Waals surface area contributed by atoms with Crippen molar-refractivity contribution in [1.82, 2.24) is 15.5 Å². The average Bonchev–Trinajstić information content (AvgIpc) is 2.77. The van der Waals surface area contributed by atoms with Crippen LogP contribution in [0.1, 0.15) is 21.5 Å². The van der Waals surface area contributed by atoms with Gasteiger partial charge in [0.1, 0.15) is 0 Å². The Bertz CT molecular complexity index is 1030. The van der Waals surface area contributed by atoms with Gasteiger partial charge in [-0.15, -0.1) is 24.0 Å². The molecular weight excluding hydrogens is 499 g/mol. The van der Waals surface area contributed by atoms with E-state index in [-0.39, 0.29) is 29.9 Å². The minimum Gasteiger partial charge on any atom is -0.356 e. The third-order valence-corrected chi connectivity index (χ3v) is 5.03. The molecule has 0 fully saturated rings. The van der Waals surface area contributed by atoms with Crippen LogP contribution in [0.15, 0.2) is 71.7 Å². The second-order valence-electron chi connectivity index (χ2n) is 7.51. The van der Waals surface area contributed by atoms with Crippen LogP contribution in [0, 0.1) is 0 Å². The Morgan fingerprint density at radius 3 is 2.13 bits per heavy atom. The number of halogens is 1. The molecule has 0 unspecified atom stereocenters. The van der Waals surface area contributed by atoms with Gasteiger partial charge in [0.2, 0.25) is 0 Å². The summed E-state index contributed by atoms with van der Waals surface area (Å²) in [7, 11) is 5.32. The lowest BCUT2D eigenvalue weighted by molar-refractivity contribution is 0.0827. The van der Waals surface area contributed by atoms with E-state index in [1.807, 2.05) is 24.3 Å². The van der Waals surface area contributed by atoms with E-state index >= 15 is 0 Å². The minimum atomic E-state index is 0. The number of nitrogens with one attached hydrogen (secondary N) is 2. The Morgan fingerprint density at radius 1 is 0.839 bits per heavy atom. The molecule has 5 nitrogen and oxygen atoms in total. The van der Waals surface area contributed by atoms with Gasteiger partial charge in [0.05, 0.1) is 0 Å². The van der Waals surface area contributed by atoms with Gasteiger partial charge in [-0.25, -0.2) is 0 Å². The zero-order chi connectivity index (χ0) is 21.3. The third kappa shape index (κ3) is 7.24. The van der Waals surface area contributed by atoms with Crippen molar-refractivity contribution in [1.29, 1.82) is 0 Å². The van der Waals surface area contributed by atoms with Crippen molar-refractivity contribution in [3.63, 3.8) is 0 Å². The lowest BCUT2D eigenvalue weighted by Crippen LogP contribution is -2.39. The molecule has 0 saturated heterocycles. The Kier molecular flexibility index (Phi) is 9.78. The number of nitrogens with zero attached hydrogens (tertiary/aromatic N) is 2. The molecule has 6 heteroatoms. The first kappa shape index (κ1) is 24.7. The number of amides is 1. The van der Waals surface area contributed by atoms with Gasteiger partial charge in [-0.05, 0) is 46.9 Å². The first-order valence-electron chi connectivity index (χ1n) is 10.3. The van der Waals surface area contributed by atoms with E-state index in [9.17, 15) is 4.79 Å². The number of fused-ring (bicyclic) bond motifs is 1. The summed E-state index contributed by atoms with van der Waals surface area (Å²) in [5.41, 5.74) is 3.15. The van der Waals surface area contributed by atoms with Crippen molar-refractivity contribution in [2.75, 3.05) is 34.2 Å². The van der Waals surface area contributed by atoms with E-state index in [0.29, 0.717) is 0 Å². The fraction of sp³-hybridized carbons (Fsp3) is 0.280. The summed E-state index contributed by atoms with van der Waals surface area (Å²) < 4.78 is 0. The van der Waals surface area contributed by atoms with Gasteiger partial charge < -0.3 is 15.5 Å². The predicted octanol–water partition coefficient (Wildman–Crippen LogP) is 4.11. The highest BCUT2D eigenvalue weighted by Gasteiger charge is 2.08. The first-order chi connectivity index (χ1) is 14.6. The molecule has 0 radical (unpaired) electrons. The van der Waals surface area contributed by atoms with Crippen molar-refractivity contribution in [2.24, 2.45) is 4.99 Å². The van der Waals surface area contributed by atoms with Crippen LogP contribution < -0.4 is 10.6 Å². The van der Waals surface area contributed by atoms with Crippen molar-refractivity contribution < 1.29 is 4.79 Å². The Balaban J connectivity index is 0.00000341. The molecule has 3 aromatic rings. The highest BCUT2D eigenvalue weighted by molar-refractivity contribution is 14.0. The number of aliphatic imine (C=N–C) groups is 1. The Hall–Kier alpha value is -2.61. The van der Waals surface area contributed by atoms with Crippen LogP contribution >= 0.6 is 24.0 Å². The standard InChI is InChI=1S/C25H30N4O.HI/c1-26-25(27-15-13-19-7-6-10-23(18-19)24(30)29(2)3)28-16-14-20-11-12-21-8-4-5-9-22(21)17-20;/h4-12,17-18H,13-16H2,1-3H3,(H2,26,27,28);1H. The van der Waals surface area contributed by atoms with Crippen molar-refractivity contribution >= 4 is 46.6 Å². The van der Waals surface area contributed by atoms with Gasteiger partial charge in [-0.1, -0.05) is 54.6 Å². The van der Waals surface area contributed by atoms with Crippen LogP contribution in [0.25, 0.3) is 10.8 Å². The van der Waals surface area contributed by atoms with E-state index in [0.717, 1.165) is 43.0 Å². The monoisotopic (exact) mass is 530 g/mol. The van der Waals surface area contributed by atoms with Gasteiger partial charge in [-0.3, -0.25) is 9.79 Å². The topological polar surface area (TPSA) is 56.7 Å². The average molecular weight is 530 g/mol. The molecule has 0 heterocycles. The highest BCUT2D eigenvalue weighted by atomic mass is 127. The van der Waals surface area contributed by atoms with Gasteiger partial charge in [0.25, 0.3) is 5.91 Å². The lowest BCUT2D eigenvalue weighted by Gasteiger charge is -2.13. The summed E-state index contributed by atoms with van der Waals surface area (Å²) in [5.74, 6) is 0.812. The fourth-order valence-electron chi connectivity index (χ4n) is 3.38. The Labute approximate surface area is 202 Å². The zero-order valence-corrected chi connectivity index (χ0v) is 20.7. The molecule has 2 N–H and O–H groups in total. The number of hydrogen-bond acceptors (Lipinski definition) is 2. The number of carbonyl (C=O) groups is 1. The molecule has 1 amide bonds. The van der Waals surface area contributed by atoms with E-state index in [1.54, 1.807) is 26.0 Å². The van der Waals surface area contributed by atoms with E-state index in [4.69, 9.17) is 0 Å². The maximum Gasteiger partial charge on any atom is 0.253 e. The van der Waals surface area contributed by atoms with Gasteiger partial charge in [0, 0.05) is 39.8 Å². The zero-order valence-electron chi connectivity index (χ0n) is 18.4. The Morgan fingerprint density at radius 2 is 1.48 bits per heavy atom. The minimum absolute atomic E-state index is 0. The molecule has 164 valence electrons. The summed E-state index contributed by atoms with van der Waals surface area (Å²) in [5, 5.41) is 9.26. The predicted molar refractivity (Wildman–Crippen MR) is 141 cm³/mol. The maximum absolute atomic E-state index is 12.1. The van der Waals surface area contributed by atoms with Crippen molar-refractivity contribution in [3.8, 4) is 0 Å². The van der Waals surface area contributed by atoms with Crippen LogP contribution in [-0.2, 0) is 12.8 Å². The molecule has 0 atom stereocenters. The highest BCUT2D eigenvalue weighted by Crippen LogP contribution is 2.15. The molecule has 0 aliphatic carbocycles. The van der Waals surface area contributed by atoms with Gasteiger partial charge >= 0.3 is 0 Å².